The number of rotatable bonds is 18. The third kappa shape index (κ3) is 15.4. The minimum Gasteiger partial charge on any atom is -0.381 e. The van der Waals surface area contributed by atoms with Crippen molar-refractivity contribution < 1.29 is 9.53 Å². The highest BCUT2D eigenvalue weighted by molar-refractivity contribution is 5.75. The molecule has 1 amide bonds. The summed E-state index contributed by atoms with van der Waals surface area (Å²) < 4.78 is 5.65. The molecule has 1 rings (SSSR count). The number of ether oxygens (including phenoxy) is 1. The van der Waals surface area contributed by atoms with Crippen LogP contribution in [0.4, 0.5) is 0 Å². The van der Waals surface area contributed by atoms with Crippen molar-refractivity contribution >= 4 is 5.91 Å². The van der Waals surface area contributed by atoms with Gasteiger partial charge in [-0.1, -0.05) is 101 Å². The molecule has 1 N–H and O–H groups in total. The molecule has 0 saturated heterocycles. The van der Waals surface area contributed by atoms with Crippen LogP contribution in [0.1, 0.15) is 96.0 Å². The van der Waals surface area contributed by atoms with E-state index in [-0.39, 0.29) is 5.91 Å². The van der Waals surface area contributed by atoms with Crippen LogP contribution in [0, 0.1) is 0 Å². The van der Waals surface area contributed by atoms with Crippen LogP contribution >= 0.6 is 0 Å². The Balaban J connectivity index is 1.77. The van der Waals surface area contributed by atoms with Crippen LogP contribution in [-0.4, -0.2) is 19.1 Å². The number of hydrogen-bond donors (Lipinski definition) is 1. The van der Waals surface area contributed by atoms with Crippen molar-refractivity contribution in [1.82, 2.24) is 5.32 Å². The first-order chi connectivity index (χ1) is 13.3. The molecule has 0 aliphatic rings. The van der Waals surface area contributed by atoms with Crippen LogP contribution < -0.4 is 5.32 Å². The molecule has 0 aromatic heterocycles. The molecule has 1 aromatic rings. The van der Waals surface area contributed by atoms with E-state index in [9.17, 15) is 4.79 Å². The number of hydrogen-bond acceptors (Lipinski definition) is 2. The summed E-state index contributed by atoms with van der Waals surface area (Å²) in [5, 5.41) is 2.95. The van der Waals surface area contributed by atoms with Gasteiger partial charge in [0.15, 0.2) is 0 Å². The molecular formula is C24H41NO2. The molecule has 0 unspecified atom stereocenters. The summed E-state index contributed by atoms with van der Waals surface area (Å²) in [6.07, 6.45) is 16.3. The summed E-state index contributed by atoms with van der Waals surface area (Å²) in [5.41, 5.74) is 1.14. The number of carbonyl (C=O) groups is 1. The average molecular weight is 376 g/mol. The minimum absolute atomic E-state index is 0.108. The highest BCUT2D eigenvalue weighted by atomic mass is 16.5. The van der Waals surface area contributed by atoms with E-state index >= 15 is 0 Å². The topological polar surface area (TPSA) is 38.3 Å². The van der Waals surface area contributed by atoms with E-state index in [2.05, 4.69) is 12.2 Å². The van der Waals surface area contributed by atoms with Crippen LogP contribution in [0.2, 0.25) is 0 Å². The Bertz CT molecular complexity index is 447. The van der Waals surface area contributed by atoms with Gasteiger partial charge in [0, 0.05) is 26.2 Å². The van der Waals surface area contributed by atoms with E-state index in [1.165, 1.54) is 64.2 Å². The molecule has 3 heteroatoms. The van der Waals surface area contributed by atoms with Crippen molar-refractivity contribution in [3.05, 3.63) is 35.9 Å². The SMILES string of the molecule is CCCCCCCCCCCCCOCCCC(=O)NCc1ccccc1. The molecule has 0 aliphatic heterocycles. The standard InChI is InChI=1S/C24H41NO2/c1-2-3-4-5-6-7-8-9-10-11-15-20-27-21-16-19-24(26)25-22-23-17-13-12-14-18-23/h12-14,17-18H,2-11,15-16,19-22H2,1H3,(H,25,26). The van der Waals surface area contributed by atoms with Gasteiger partial charge in [0.1, 0.15) is 0 Å². The molecule has 0 bridgehead atoms. The fourth-order valence-electron chi connectivity index (χ4n) is 3.19. The zero-order valence-electron chi connectivity index (χ0n) is 17.5. The summed E-state index contributed by atoms with van der Waals surface area (Å²) in [6.45, 7) is 4.41. The first kappa shape index (κ1) is 23.7. The first-order valence-electron chi connectivity index (χ1n) is 11.2. The van der Waals surface area contributed by atoms with Gasteiger partial charge in [0.25, 0.3) is 0 Å². The Hall–Kier alpha value is -1.35. The van der Waals surface area contributed by atoms with E-state index in [0.29, 0.717) is 19.6 Å². The fourth-order valence-corrected chi connectivity index (χ4v) is 3.19. The van der Waals surface area contributed by atoms with E-state index < -0.39 is 0 Å². The first-order valence-corrected chi connectivity index (χ1v) is 11.2. The van der Waals surface area contributed by atoms with Gasteiger partial charge in [0.2, 0.25) is 5.91 Å². The molecule has 3 nitrogen and oxygen atoms in total. The van der Waals surface area contributed by atoms with Crippen molar-refractivity contribution in [3.8, 4) is 0 Å². The van der Waals surface area contributed by atoms with Crippen LogP contribution in [0.15, 0.2) is 30.3 Å². The van der Waals surface area contributed by atoms with Gasteiger partial charge in [-0.3, -0.25) is 4.79 Å². The maximum atomic E-state index is 11.8. The molecule has 1 aromatic carbocycles. The Morgan fingerprint density at radius 3 is 1.96 bits per heavy atom. The van der Waals surface area contributed by atoms with E-state index in [0.717, 1.165) is 25.0 Å². The fraction of sp³-hybridized carbons (Fsp3) is 0.708. The van der Waals surface area contributed by atoms with Gasteiger partial charge in [-0.15, -0.1) is 0 Å². The van der Waals surface area contributed by atoms with E-state index in [1.54, 1.807) is 0 Å². The van der Waals surface area contributed by atoms with Gasteiger partial charge in [0.05, 0.1) is 0 Å². The smallest absolute Gasteiger partial charge is 0.220 e. The number of unbranched alkanes of at least 4 members (excludes halogenated alkanes) is 10. The molecule has 0 radical (unpaired) electrons. The maximum absolute atomic E-state index is 11.8. The summed E-state index contributed by atoms with van der Waals surface area (Å²) in [7, 11) is 0. The quantitative estimate of drug-likeness (QED) is 0.301. The molecule has 27 heavy (non-hydrogen) atoms. The van der Waals surface area contributed by atoms with Crippen LogP contribution in [-0.2, 0) is 16.1 Å². The minimum atomic E-state index is 0.108. The van der Waals surface area contributed by atoms with Gasteiger partial charge in [-0.05, 0) is 18.4 Å². The van der Waals surface area contributed by atoms with Gasteiger partial charge < -0.3 is 10.1 Å². The molecule has 0 saturated carbocycles. The molecular weight excluding hydrogens is 334 g/mol. The average Bonchev–Trinajstić information content (AvgIpc) is 2.70. The number of amides is 1. The zero-order valence-corrected chi connectivity index (χ0v) is 17.5. The van der Waals surface area contributed by atoms with E-state index in [1.807, 2.05) is 30.3 Å². The lowest BCUT2D eigenvalue weighted by molar-refractivity contribution is -0.121. The van der Waals surface area contributed by atoms with Crippen molar-refractivity contribution in [2.75, 3.05) is 13.2 Å². The Morgan fingerprint density at radius 1 is 0.778 bits per heavy atom. The lowest BCUT2D eigenvalue weighted by Gasteiger charge is -2.06. The predicted octanol–water partition coefficient (Wildman–Crippen LogP) is 6.41. The Kier molecular flexibility index (Phi) is 15.8. The molecule has 0 fully saturated rings. The highest BCUT2D eigenvalue weighted by Gasteiger charge is 2.01. The summed E-state index contributed by atoms with van der Waals surface area (Å²) in [4.78, 5) is 11.8. The normalized spacial score (nSPS) is 10.9. The van der Waals surface area contributed by atoms with Crippen LogP contribution in [0.25, 0.3) is 0 Å². The summed E-state index contributed by atoms with van der Waals surface area (Å²) >= 11 is 0. The molecule has 0 spiro atoms. The van der Waals surface area contributed by atoms with Crippen molar-refractivity contribution in [2.24, 2.45) is 0 Å². The lowest BCUT2D eigenvalue weighted by atomic mass is 10.1. The Morgan fingerprint density at radius 2 is 1.33 bits per heavy atom. The second kappa shape index (κ2) is 18.0. The van der Waals surface area contributed by atoms with Crippen LogP contribution in [0.5, 0.6) is 0 Å². The molecule has 0 atom stereocenters. The third-order valence-electron chi connectivity index (χ3n) is 4.92. The molecule has 0 heterocycles. The van der Waals surface area contributed by atoms with E-state index in [4.69, 9.17) is 4.74 Å². The maximum Gasteiger partial charge on any atom is 0.220 e. The second-order valence-corrected chi connectivity index (χ2v) is 7.51. The van der Waals surface area contributed by atoms with Gasteiger partial charge in [-0.25, -0.2) is 0 Å². The van der Waals surface area contributed by atoms with Crippen molar-refractivity contribution in [1.29, 1.82) is 0 Å². The summed E-state index contributed by atoms with van der Waals surface area (Å²) in [5.74, 6) is 0.108. The monoisotopic (exact) mass is 375 g/mol. The largest absolute Gasteiger partial charge is 0.381 e. The van der Waals surface area contributed by atoms with Crippen molar-refractivity contribution in [2.45, 2.75) is 96.9 Å². The van der Waals surface area contributed by atoms with Crippen molar-refractivity contribution in [3.63, 3.8) is 0 Å². The number of benzene rings is 1. The predicted molar refractivity (Wildman–Crippen MR) is 115 cm³/mol. The third-order valence-corrected chi connectivity index (χ3v) is 4.92. The van der Waals surface area contributed by atoms with Gasteiger partial charge in [-0.2, -0.15) is 0 Å². The Labute approximate surface area is 167 Å². The number of nitrogens with one attached hydrogen (secondary N) is 1. The number of carbonyl (C=O) groups excluding carboxylic acids is 1. The van der Waals surface area contributed by atoms with Gasteiger partial charge >= 0.3 is 0 Å². The molecule has 154 valence electrons. The van der Waals surface area contributed by atoms with Crippen LogP contribution in [0.3, 0.4) is 0 Å². The zero-order chi connectivity index (χ0) is 19.4. The lowest BCUT2D eigenvalue weighted by Crippen LogP contribution is -2.22. The molecule has 0 aliphatic carbocycles. The second-order valence-electron chi connectivity index (χ2n) is 7.51. The highest BCUT2D eigenvalue weighted by Crippen LogP contribution is 2.11. The summed E-state index contributed by atoms with van der Waals surface area (Å²) in [6, 6.07) is 10.0.